The molecule has 0 radical (unpaired) electrons. The van der Waals surface area contributed by atoms with E-state index in [-0.39, 0.29) is 6.61 Å². The van der Waals surface area contributed by atoms with Gasteiger partial charge >= 0.3 is 0 Å². The van der Waals surface area contributed by atoms with Crippen molar-refractivity contribution in [2.75, 3.05) is 26.2 Å². The van der Waals surface area contributed by atoms with Crippen LogP contribution in [-0.4, -0.2) is 51.2 Å². The van der Waals surface area contributed by atoms with E-state index < -0.39 is 0 Å². The number of hydrogen-bond donors (Lipinski definition) is 1. The van der Waals surface area contributed by atoms with Gasteiger partial charge in [-0.25, -0.2) is 4.68 Å². The lowest BCUT2D eigenvalue weighted by atomic mass is 9.84. The fraction of sp³-hybridized carbons (Fsp3) is 0.444. The van der Waals surface area contributed by atoms with Crippen LogP contribution in [0.1, 0.15) is 23.8 Å². The van der Waals surface area contributed by atoms with Crippen LogP contribution in [0.5, 0.6) is 0 Å². The van der Waals surface area contributed by atoms with Gasteiger partial charge in [-0.2, -0.15) is 0 Å². The van der Waals surface area contributed by atoms with Gasteiger partial charge in [0.2, 0.25) is 0 Å². The molecule has 24 heavy (non-hydrogen) atoms. The molecule has 0 aliphatic carbocycles. The maximum Gasteiger partial charge on any atom is 0.123 e. The van der Waals surface area contributed by atoms with Crippen molar-refractivity contribution in [2.45, 2.75) is 18.9 Å². The Labute approximate surface area is 145 Å². The molecule has 126 valence electrons. The molecule has 3 aliphatic rings. The number of aliphatic hydroxyl groups is 1. The van der Waals surface area contributed by atoms with Gasteiger partial charge in [-0.15, -0.1) is 16.4 Å². The highest BCUT2D eigenvalue weighted by molar-refractivity contribution is 7.16. The van der Waals surface area contributed by atoms with Gasteiger partial charge in [0.15, 0.2) is 0 Å². The number of nitrogens with zero attached hydrogens (tertiary/aromatic N) is 4. The second-order valence-electron chi connectivity index (χ2n) is 6.64. The maximum atomic E-state index is 9.00. The van der Waals surface area contributed by atoms with E-state index in [1.165, 1.54) is 25.9 Å². The van der Waals surface area contributed by atoms with Crippen LogP contribution in [0.4, 0.5) is 0 Å². The van der Waals surface area contributed by atoms with Crippen molar-refractivity contribution in [3.63, 3.8) is 0 Å². The van der Waals surface area contributed by atoms with Crippen molar-refractivity contribution in [2.24, 2.45) is 5.92 Å². The van der Waals surface area contributed by atoms with E-state index in [0.29, 0.717) is 11.6 Å². The van der Waals surface area contributed by atoms with Crippen LogP contribution in [0.3, 0.4) is 0 Å². The van der Waals surface area contributed by atoms with Crippen molar-refractivity contribution in [3.05, 3.63) is 41.4 Å². The van der Waals surface area contributed by atoms with E-state index in [1.54, 1.807) is 11.3 Å². The summed E-state index contributed by atoms with van der Waals surface area (Å²) in [6.45, 7) is 7.34. The molecular weight excluding hydrogens is 320 g/mol. The highest BCUT2D eigenvalue weighted by Crippen LogP contribution is 2.36. The van der Waals surface area contributed by atoms with Crippen molar-refractivity contribution in [1.82, 2.24) is 19.9 Å². The summed E-state index contributed by atoms with van der Waals surface area (Å²) < 4.78 is 2.08. The smallest absolute Gasteiger partial charge is 0.123 e. The first kappa shape index (κ1) is 15.7. The van der Waals surface area contributed by atoms with Crippen LogP contribution in [-0.2, 0) is 0 Å². The van der Waals surface area contributed by atoms with Gasteiger partial charge in [-0.05, 0) is 55.6 Å². The average Bonchev–Trinajstić information content (AvgIpc) is 3.29. The minimum Gasteiger partial charge on any atom is -0.392 e. The Morgan fingerprint density at radius 3 is 2.92 bits per heavy atom. The molecule has 3 aliphatic heterocycles. The summed E-state index contributed by atoms with van der Waals surface area (Å²) in [5.74, 6) is 0.746. The number of hydrogen-bond acceptors (Lipinski definition) is 5. The van der Waals surface area contributed by atoms with E-state index in [4.69, 9.17) is 5.11 Å². The second-order valence-corrected chi connectivity index (χ2v) is 7.76. The van der Waals surface area contributed by atoms with E-state index >= 15 is 0 Å². The van der Waals surface area contributed by atoms with Crippen LogP contribution in [0.2, 0.25) is 0 Å². The third-order valence-corrected chi connectivity index (χ3v) is 6.11. The van der Waals surface area contributed by atoms with E-state index in [0.717, 1.165) is 27.9 Å². The predicted molar refractivity (Wildman–Crippen MR) is 96.8 cm³/mol. The summed E-state index contributed by atoms with van der Waals surface area (Å²) in [7, 11) is 0. The fourth-order valence-electron chi connectivity index (χ4n) is 3.62. The average molecular weight is 342 g/mol. The zero-order valence-electron chi connectivity index (χ0n) is 13.6. The van der Waals surface area contributed by atoms with Gasteiger partial charge in [0.05, 0.1) is 23.7 Å². The van der Waals surface area contributed by atoms with Crippen molar-refractivity contribution < 1.29 is 5.11 Å². The highest BCUT2D eigenvalue weighted by atomic mass is 32.1. The van der Waals surface area contributed by atoms with E-state index in [1.807, 2.05) is 12.2 Å². The molecule has 3 saturated heterocycles. The summed E-state index contributed by atoms with van der Waals surface area (Å²) in [6, 6.07) is 4.62. The molecule has 3 fully saturated rings. The standard InChI is InChI=1S/C18H22N4OS/c1-13(12-23)2-3-15-4-5-18(24-15)16-10-22(20-19-16)17-11-21-8-6-14(17)7-9-21/h2-5,10,14,17,23H,1,6-9,11-12H2/b3-2+. The molecule has 2 aromatic rings. The molecule has 1 unspecified atom stereocenters. The van der Waals surface area contributed by atoms with Crippen LogP contribution in [0, 0.1) is 5.92 Å². The SMILES string of the molecule is C=C(/C=C/c1ccc(-c2cn(C3CN4CCC3CC4)nn2)s1)CO. The fourth-order valence-corrected chi connectivity index (χ4v) is 4.48. The lowest BCUT2D eigenvalue weighted by Crippen LogP contribution is -2.48. The number of rotatable bonds is 5. The topological polar surface area (TPSA) is 54.2 Å². The molecule has 2 aromatic heterocycles. The van der Waals surface area contributed by atoms with E-state index in [9.17, 15) is 0 Å². The van der Waals surface area contributed by atoms with Gasteiger partial charge in [0.1, 0.15) is 5.69 Å². The third kappa shape index (κ3) is 3.09. The van der Waals surface area contributed by atoms with Crippen molar-refractivity contribution >= 4 is 17.4 Å². The van der Waals surface area contributed by atoms with Crippen LogP contribution < -0.4 is 0 Å². The first-order chi connectivity index (χ1) is 11.7. The van der Waals surface area contributed by atoms with Gasteiger partial charge in [-0.1, -0.05) is 17.9 Å². The Hall–Kier alpha value is -1.76. The summed E-state index contributed by atoms with van der Waals surface area (Å²) >= 11 is 1.68. The Morgan fingerprint density at radius 1 is 1.38 bits per heavy atom. The Kier molecular flexibility index (Phi) is 4.35. The number of aliphatic hydroxyl groups excluding tert-OH is 1. The zero-order valence-corrected chi connectivity index (χ0v) is 14.5. The van der Waals surface area contributed by atoms with Crippen LogP contribution >= 0.6 is 11.3 Å². The molecule has 5 rings (SSSR count). The molecule has 0 spiro atoms. The highest BCUT2D eigenvalue weighted by Gasteiger charge is 2.35. The Bertz CT molecular complexity index is 755. The largest absolute Gasteiger partial charge is 0.392 e. The maximum absolute atomic E-state index is 9.00. The molecule has 2 bridgehead atoms. The molecule has 0 aromatic carbocycles. The lowest BCUT2D eigenvalue weighted by molar-refractivity contribution is 0.0504. The first-order valence-electron chi connectivity index (χ1n) is 8.44. The van der Waals surface area contributed by atoms with Crippen molar-refractivity contribution in [1.29, 1.82) is 0 Å². The van der Waals surface area contributed by atoms with Crippen molar-refractivity contribution in [3.8, 4) is 10.6 Å². The number of fused-ring (bicyclic) bond motifs is 3. The van der Waals surface area contributed by atoms with Crippen LogP contribution in [0.15, 0.2) is 36.6 Å². The quantitative estimate of drug-likeness (QED) is 0.849. The minimum atomic E-state index is -0.0113. The lowest BCUT2D eigenvalue weighted by Gasteiger charge is -2.44. The molecule has 0 amide bonds. The summed E-state index contributed by atoms with van der Waals surface area (Å²) in [4.78, 5) is 4.78. The molecule has 5 nitrogen and oxygen atoms in total. The van der Waals surface area contributed by atoms with E-state index in [2.05, 4.69) is 44.8 Å². The number of piperidine rings is 3. The van der Waals surface area contributed by atoms with Gasteiger partial charge < -0.3 is 10.0 Å². The minimum absolute atomic E-state index is 0.0113. The van der Waals surface area contributed by atoms with Gasteiger partial charge in [0, 0.05) is 11.4 Å². The number of aromatic nitrogens is 3. The van der Waals surface area contributed by atoms with Crippen LogP contribution in [0.25, 0.3) is 16.6 Å². The Morgan fingerprint density at radius 2 is 2.21 bits per heavy atom. The first-order valence-corrected chi connectivity index (χ1v) is 9.25. The molecule has 1 atom stereocenters. The monoisotopic (exact) mass is 342 g/mol. The summed E-state index contributed by atoms with van der Waals surface area (Å²) in [5.41, 5.74) is 1.65. The second kappa shape index (κ2) is 6.63. The predicted octanol–water partition coefficient (Wildman–Crippen LogP) is 2.84. The van der Waals surface area contributed by atoms with Gasteiger partial charge in [0.25, 0.3) is 0 Å². The zero-order chi connectivity index (χ0) is 16.5. The normalized spacial score (nSPS) is 26.3. The molecule has 5 heterocycles. The molecular formula is C18H22N4OS. The molecule has 1 N–H and O–H groups in total. The third-order valence-electron chi connectivity index (χ3n) is 5.04. The number of thiophene rings is 1. The molecule has 0 saturated carbocycles. The Balaban J connectivity index is 1.50. The summed E-state index contributed by atoms with van der Waals surface area (Å²) in [6.07, 6.45) is 8.48. The van der Waals surface area contributed by atoms with Gasteiger partial charge in [-0.3, -0.25) is 0 Å². The summed E-state index contributed by atoms with van der Waals surface area (Å²) in [5, 5.41) is 17.8. The molecule has 6 heteroatoms.